The van der Waals surface area contributed by atoms with Gasteiger partial charge in [0.05, 0.1) is 25.4 Å². The second-order valence-corrected chi connectivity index (χ2v) is 17.3. The molecule has 9 nitrogen and oxygen atoms in total. The molecule has 51 heavy (non-hydrogen) atoms. The Morgan fingerprint density at radius 1 is 1.20 bits per heavy atom. The Hall–Kier alpha value is -3.10. The number of ether oxygens (including phenoxy) is 1. The van der Waals surface area contributed by atoms with Gasteiger partial charge in [0.2, 0.25) is 5.91 Å². The minimum atomic E-state index is -1.50. The first kappa shape index (κ1) is 37.7. The van der Waals surface area contributed by atoms with Gasteiger partial charge in [-0.05, 0) is 113 Å². The normalized spacial score (nSPS) is 25.0. The maximum atomic E-state index is 13.3. The van der Waals surface area contributed by atoms with E-state index in [-0.39, 0.29) is 40.9 Å². The number of hydrogen-bond acceptors (Lipinski definition) is 7. The molecule has 276 valence electrons. The van der Waals surface area contributed by atoms with Crippen LogP contribution in [-0.4, -0.2) is 87.8 Å². The van der Waals surface area contributed by atoms with Crippen LogP contribution >= 0.6 is 11.6 Å². The van der Waals surface area contributed by atoms with Crippen LogP contribution in [0.4, 0.5) is 5.69 Å². The first-order chi connectivity index (χ1) is 24.5. The molecule has 2 aromatic carbocycles. The predicted octanol–water partition coefficient (Wildman–Crippen LogP) is 5.69. The van der Waals surface area contributed by atoms with E-state index in [9.17, 15) is 18.9 Å². The van der Waals surface area contributed by atoms with E-state index in [2.05, 4.69) is 40.5 Å². The van der Waals surface area contributed by atoms with Gasteiger partial charge < -0.3 is 19.6 Å². The van der Waals surface area contributed by atoms with Crippen molar-refractivity contribution in [3.8, 4) is 17.6 Å². The number of amides is 2. The van der Waals surface area contributed by atoms with E-state index < -0.39 is 16.7 Å². The number of piperazine rings is 1. The summed E-state index contributed by atoms with van der Waals surface area (Å²) >= 11 is 6.48. The molecule has 2 amide bonds. The van der Waals surface area contributed by atoms with Crippen LogP contribution in [0.25, 0.3) is 0 Å². The molecule has 3 unspecified atom stereocenters. The maximum absolute atomic E-state index is 13.3. The molecule has 1 saturated heterocycles. The van der Waals surface area contributed by atoms with Crippen molar-refractivity contribution >= 4 is 40.1 Å². The van der Waals surface area contributed by atoms with E-state index in [1.165, 1.54) is 11.1 Å². The molecular weight excluding hydrogens is 684 g/mol. The Morgan fingerprint density at radius 3 is 2.73 bits per heavy atom. The molecule has 1 spiro atoms. The number of fused-ring (bicyclic) bond motifs is 3. The average molecular weight is 737 g/mol. The zero-order valence-corrected chi connectivity index (χ0v) is 32.1. The SMILES string of the molecule is CC#CCN1CCN([C@@](O)(CCCC)C2CCC2CN2C[C@@]3(CCCc4cc(Cl)ccc43)COc3ccc(C(=O)NS(=O)C(C)C)cc32)CC1=O. The Labute approximate surface area is 311 Å². The average Bonchev–Trinajstić information content (AvgIpc) is 3.25. The van der Waals surface area contributed by atoms with Crippen molar-refractivity contribution in [2.75, 3.05) is 50.8 Å². The van der Waals surface area contributed by atoms with Crippen LogP contribution < -0.4 is 14.4 Å². The lowest BCUT2D eigenvalue weighted by Crippen LogP contribution is -2.65. The first-order valence-electron chi connectivity index (χ1n) is 18.6. The van der Waals surface area contributed by atoms with E-state index in [0.29, 0.717) is 57.1 Å². The Balaban J connectivity index is 1.33. The van der Waals surface area contributed by atoms with Crippen LogP contribution in [0, 0.1) is 23.7 Å². The number of carbonyl (C=O) groups excluding carboxylic acids is 2. The van der Waals surface area contributed by atoms with Crippen molar-refractivity contribution in [2.24, 2.45) is 11.8 Å². The fraction of sp³-hybridized carbons (Fsp3) is 0.600. The van der Waals surface area contributed by atoms with Gasteiger partial charge in [0.25, 0.3) is 5.91 Å². The van der Waals surface area contributed by atoms with Gasteiger partial charge in [-0.25, -0.2) is 4.21 Å². The van der Waals surface area contributed by atoms with Gasteiger partial charge in [0, 0.05) is 53.3 Å². The summed E-state index contributed by atoms with van der Waals surface area (Å²) in [6.07, 6.45) is 7.21. The summed E-state index contributed by atoms with van der Waals surface area (Å²) in [4.78, 5) is 32.8. The Kier molecular flexibility index (Phi) is 11.7. The largest absolute Gasteiger partial charge is 0.490 e. The maximum Gasteiger partial charge on any atom is 0.263 e. The minimum absolute atomic E-state index is 0.00982. The van der Waals surface area contributed by atoms with E-state index in [0.717, 1.165) is 55.7 Å². The fourth-order valence-corrected chi connectivity index (χ4v) is 9.33. The summed E-state index contributed by atoms with van der Waals surface area (Å²) < 4.78 is 21.9. The summed E-state index contributed by atoms with van der Waals surface area (Å²) in [5.41, 5.74) is 2.38. The fourth-order valence-electron chi connectivity index (χ4n) is 8.60. The van der Waals surface area contributed by atoms with Gasteiger partial charge in [-0.15, -0.1) is 5.92 Å². The molecule has 11 heteroatoms. The molecule has 2 fully saturated rings. The number of rotatable bonds is 11. The summed E-state index contributed by atoms with van der Waals surface area (Å²) in [6, 6.07) is 11.7. The monoisotopic (exact) mass is 736 g/mol. The number of anilines is 1. The van der Waals surface area contributed by atoms with Crippen molar-refractivity contribution < 1.29 is 23.6 Å². The molecule has 4 aliphatic rings. The molecule has 1 saturated carbocycles. The Morgan fingerprint density at radius 2 is 2.02 bits per heavy atom. The zero-order chi connectivity index (χ0) is 36.3. The predicted molar refractivity (Wildman–Crippen MR) is 203 cm³/mol. The molecule has 2 heterocycles. The van der Waals surface area contributed by atoms with E-state index in [1.807, 2.05) is 36.9 Å². The highest BCUT2D eigenvalue weighted by Crippen LogP contribution is 2.49. The smallest absolute Gasteiger partial charge is 0.263 e. The highest BCUT2D eigenvalue weighted by molar-refractivity contribution is 7.84. The van der Waals surface area contributed by atoms with Crippen molar-refractivity contribution in [3.63, 3.8) is 0 Å². The van der Waals surface area contributed by atoms with Crippen LogP contribution in [0.5, 0.6) is 5.75 Å². The minimum Gasteiger partial charge on any atom is -0.490 e. The van der Waals surface area contributed by atoms with E-state index in [4.69, 9.17) is 16.3 Å². The molecule has 5 atom stereocenters. The van der Waals surface area contributed by atoms with Crippen LogP contribution in [-0.2, 0) is 27.6 Å². The number of unbranched alkanes of at least 4 members (excludes halogenated alkanes) is 1. The van der Waals surface area contributed by atoms with Crippen molar-refractivity contribution in [2.45, 2.75) is 95.5 Å². The van der Waals surface area contributed by atoms with E-state index >= 15 is 0 Å². The number of hydrogen-bond donors (Lipinski definition) is 2. The zero-order valence-electron chi connectivity index (χ0n) is 30.5. The molecule has 2 N–H and O–H groups in total. The van der Waals surface area contributed by atoms with Crippen LogP contribution in [0.2, 0.25) is 5.02 Å². The summed E-state index contributed by atoms with van der Waals surface area (Å²) in [5.74, 6) is 6.39. The summed E-state index contributed by atoms with van der Waals surface area (Å²) in [5, 5.41) is 13.2. The van der Waals surface area contributed by atoms with Crippen molar-refractivity contribution in [3.05, 3.63) is 58.1 Å². The number of nitrogens with zero attached hydrogens (tertiary/aromatic N) is 3. The number of halogens is 1. The summed E-state index contributed by atoms with van der Waals surface area (Å²) in [7, 11) is -1.50. The lowest BCUT2D eigenvalue weighted by atomic mass is 9.65. The van der Waals surface area contributed by atoms with Crippen molar-refractivity contribution in [1.82, 2.24) is 14.5 Å². The van der Waals surface area contributed by atoms with Gasteiger partial charge in [0.1, 0.15) is 22.5 Å². The number of carbonyl (C=O) groups is 2. The molecule has 2 aliphatic carbocycles. The quantitative estimate of drug-likeness (QED) is 0.286. The van der Waals surface area contributed by atoms with Gasteiger partial charge in [-0.3, -0.25) is 19.2 Å². The molecular formula is C40H53ClN4O5S. The van der Waals surface area contributed by atoms with Crippen molar-refractivity contribution in [1.29, 1.82) is 0 Å². The lowest BCUT2D eigenvalue weighted by Gasteiger charge is -2.55. The second kappa shape index (κ2) is 15.9. The summed E-state index contributed by atoms with van der Waals surface area (Å²) in [6.45, 7) is 11.2. The van der Waals surface area contributed by atoms with Gasteiger partial charge in [-0.2, -0.15) is 0 Å². The van der Waals surface area contributed by atoms with Crippen LogP contribution in [0.3, 0.4) is 0 Å². The van der Waals surface area contributed by atoms with Crippen LogP contribution in [0.15, 0.2) is 36.4 Å². The third kappa shape index (κ3) is 7.83. The third-order valence-electron chi connectivity index (χ3n) is 11.6. The van der Waals surface area contributed by atoms with Gasteiger partial charge >= 0.3 is 0 Å². The lowest BCUT2D eigenvalue weighted by molar-refractivity contribution is -0.202. The van der Waals surface area contributed by atoms with E-state index in [1.54, 1.807) is 17.9 Å². The molecule has 2 aliphatic heterocycles. The number of nitrogens with one attached hydrogen (secondary N) is 1. The topological polar surface area (TPSA) is 102 Å². The highest BCUT2D eigenvalue weighted by Gasteiger charge is 2.52. The number of aryl methyl sites for hydroxylation is 1. The molecule has 0 radical (unpaired) electrons. The second-order valence-electron chi connectivity index (χ2n) is 15.2. The number of benzene rings is 2. The first-order valence-corrected chi connectivity index (χ1v) is 20.2. The van der Waals surface area contributed by atoms with Crippen LogP contribution in [0.1, 0.15) is 94.1 Å². The molecule has 0 bridgehead atoms. The third-order valence-corrected chi connectivity index (χ3v) is 13.1. The molecule has 0 aromatic heterocycles. The Bertz CT molecular complexity index is 1710. The number of aliphatic hydroxyl groups is 1. The molecule has 6 rings (SSSR count). The highest BCUT2D eigenvalue weighted by atomic mass is 35.5. The molecule has 2 aromatic rings. The standard InChI is InChI=1S/C40H53ClN4O5S/c1-5-7-18-40(48,45-21-20-43(19-8-6-2)37(46)25-45)34-14-11-31(34)24-44-26-39(17-9-10-29-22-32(41)13-15-33(29)39)27-50-36-16-12-30(23-35(36)44)38(47)42-51(49)28(3)4/h12-13,15-16,22-23,28,31,34,48H,5,7,9-11,14,17-21,24-27H2,1-4H3,(H,42,47)/t31?,34?,39-,40+,51?/m0/s1. The van der Waals surface area contributed by atoms with Gasteiger partial charge in [-0.1, -0.05) is 36.9 Å². The van der Waals surface area contributed by atoms with Gasteiger partial charge in [0.15, 0.2) is 0 Å².